The lowest BCUT2D eigenvalue weighted by Crippen LogP contribution is -2.31. The fourth-order valence-electron chi connectivity index (χ4n) is 3.20. The van der Waals surface area contributed by atoms with E-state index in [0.717, 1.165) is 5.56 Å². The number of amides is 2. The zero-order chi connectivity index (χ0) is 14.4. The highest BCUT2D eigenvalue weighted by molar-refractivity contribution is 6.23. The predicted octanol–water partition coefficient (Wildman–Crippen LogP) is 2.40. The van der Waals surface area contributed by atoms with Gasteiger partial charge in [-0.3, -0.25) is 9.59 Å². The van der Waals surface area contributed by atoms with Gasteiger partial charge in [0.05, 0.1) is 17.5 Å². The van der Waals surface area contributed by atoms with Crippen molar-refractivity contribution < 1.29 is 14.7 Å². The standard InChI is InChI=1S/C16H17NO3/c1-9-6-7-13(18)12(8-9)17-15(19)11-5-3-4-10(2)14(11)16(17)20/h3-4,6-8,10-11,14,18H,5H2,1-2H3. The summed E-state index contributed by atoms with van der Waals surface area (Å²) in [5, 5.41) is 9.97. The minimum Gasteiger partial charge on any atom is -0.506 e. The van der Waals surface area contributed by atoms with Gasteiger partial charge < -0.3 is 5.11 Å². The quantitative estimate of drug-likeness (QED) is 0.630. The van der Waals surface area contributed by atoms with Crippen molar-refractivity contribution in [3.05, 3.63) is 35.9 Å². The molecule has 1 aromatic rings. The summed E-state index contributed by atoms with van der Waals surface area (Å²) in [6.07, 6.45) is 4.56. The molecule has 1 aliphatic heterocycles. The molecule has 3 unspecified atom stereocenters. The molecule has 20 heavy (non-hydrogen) atoms. The Morgan fingerprint density at radius 1 is 1.25 bits per heavy atom. The number of phenols is 1. The molecule has 1 aliphatic carbocycles. The molecule has 3 rings (SSSR count). The zero-order valence-electron chi connectivity index (χ0n) is 11.5. The van der Waals surface area contributed by atoms with Crippen LogP contribution in [0.2, 0.25) is 0 Å². The van der Waals surface area contributed by atoms with Crippen LogP contribution in [-0.2, 0) is 9.59 Å². The number of hydrogen-bond donors (Lipinski definition) is 1. The Labute approximate surface area is 117 Å². The Morgan fingerprint density at radius 3 is 2.70 bits per heavy atom. The van der Waals surface area contributed by atoms with E-state index in [1.807, 2.05) is 26.0 Å². The lowest BCUT2D eigenvalue weighted by Gasteiger charge is -2.22. The van der Waals surface area contributed by atoms with E-state index in [2.05, 4.69) is 0 Å². The minimum absolute atomic E-state index is 0.0310. The van der Waals surface area contributed by atoms with Gasteiger partial charge in [0, 0.05) is 0 Å². The molecule has 4 nitrogen and oxygen atoms in total. The summed E-state index contributed by atoms with van der Waals surface area (Å²) in [6.45, 7) is 3.82. The summed E-state index contributed by atoms with van der Waals surface area (Å²) in [7, 11) is 0. The molecule has 1 aromatic carbocycles. The van der Waals surface area contributed by atoms with Gasteiger partial charge in [-0.05, 0) is 37.0 Å². The number of allylic oxidation sites excluding steroid dienone is 2. The highest BCUT2D eigenvalue weighted by atomic mass is 16.3. The van der Waals surface area contributed by atoms with Crippen LogP contribution in [0.5, 0.6) is 5.75 Å². The van der Waals surface area contributed by atoms with Crippen molar-refractivity contribution >= 4 is 17.5 Å². The molecule has 1 saturated heterocycles. The number of carbonyl (C=O) groups excluding carboxylic acids is 2. The van der Waals surface area contributed by atoms with Crippen LogP contribution >= 0.6 is 0 Å². The number of phenolic OH excluding ortho intramolecular Hbond substituents is 1. The van der Waals surface area contributed by atoms with E-state index < -0.39 is 0 Å². The lowest BCUT2D eigenvalue weighted by atomic mass is 9.78. The largest absolute Gasteiger partial charge is 0.506 e. The van der Waals surface area contributed by atoms with E-state index in [1.54, 1.807) is 12.1 Å². The first-order valence-electron chi connectivity index (χ1n) is 6.85. The van der Waals surface area contributed by atoms with E-state index >= 15 is 0 Å². The first-order valence-corrected chi connectivity index (χ1v) is 6.85. The number of rotatable bonds is 1. The van der Waals surface area contributed by atoms with Gasteiger partial charge in [-0.25, -0.2) is 4.90 Å². The maximum absolute atomic E-state index is 12.6. The molecule has 104 valence electrons. The second kappa shape index (κ2) is 4.47. The van der Waals surface area contributed by atoms with Gasteiger partial charge in [0.2, 0.25) is 11.8 Å². The highest BCUT2D eigenvalue weighted by Gasteiger charge is 2.50. The molecule has 0 radical (unpaired) electrons. The number of anilines is 1. The van der Waals surface area contributed by atoms with Gasteiger partial charge >= 0.3 is 0 Å². The van der Waals surface area contributed by atoms with Gasteiger partial charge in [-0.2, -0.15) is 0 Å². The van der Waals surface area contributed by atoms with Crippen LogP contribution in [0.3, 0.4) is 0 Å². The molecule has 0 bridgehead atoms. The lowest BCUT2D eigenvalue weighted by molar-refractivity contribution is -0.122. The van der Waals surface area contributed by atoms with Crippen LogP contribution in [0.25, 0.3) is 0 Å². The fraction of sp³-hybridized carbons (Fsp3) is 0.375. The van der Waals surface area contributed by atoms with Gasteiger partial charge in [0.1, 0.15) is 5.75 Å². The van der Waals surface area contributed by atoms with Crippen LogP contribution in [-0.4, -0.2) is 16.9 Å². The first kappa shape index (κ1) is 12.9. The first-order chi connectivity index (χ1) is 9.50. The molecule has 0 saturated carbocycles. The summed E-state index contributed by atoms with van der Waals surface area (Å²) < 4.78 is 0. The van der Waals surface area contributed by atoms with Gasteiger partial charge in [-0.1, -0.05) is 25.1 Å². The van der Waals surface area contributed by atoms with Crippen LogP contribution in [0.1, 0.15) is 18.9 Å². The summed E-state index contributed by atoms with van der Waals surface area (Å²) >= 11 is 0. The van der Waals surface area contributed by atoms with Crippen molar-refractivity contribution in [3.63, 3.8) is 0 Å². The van der Waals surface area contributed by atoms with Crippen molar-refractivity contribution in [2.24, 2.45) is 17.8 Å². The zero-order valence-corrected chi connectivity index (χ0v) is 11.5. The van der Waals surface area contributed by atoms with E-state index in [9.17, 15) is 14.7 Å². The maximum Gasteiger partial charge on any atom is 0.238 e. The van der Waals surface area contributed by atoms with Crippen LogP contribution in [0.4, 0.5) is 5.69 Å². The SMILES string of the molecule is Cc1ccc(O)c(N2C(=O)C3CC=CC(C)C3C2=O)c1. The molecule has 0 spiro atoms. The summed E-state index contributed by atoms with van der Waals surface area (Å²) in [4.78, 5) is 26.3. The number of aromatic hydroxyl groups is 1. The van der Waals surface area contributed by atoms with E-state index in [-0.39, 0.29) is 35.3 Å². The Hall–Kier alpha value is -2.10. The number of nitrogens with zero attached hydrogens (tertiary/aromatic N) is 1. The normalized spacial score (nSPS) is 28.9. The monoisotopic (exact) mass is 271 g/mol. The number of carbonyl (C=O) groups is 2. The second-order valence-electron chi connectivity index (χ2n) is 5.66. The molecule has 3 atom stereocenters. The number of benzene rings is 1. The van der Waals surface area contributed by atoms with Crippen LogP contribution in [0.15, 0.2) is 30.4 Å². The van der Waals surface area contributed by atoms with E-state index in [4.69, 9.17) is 0 Å². The molecular formula is C16H17NO3. The molecule has 1 heterocycles. The topological polar surface area (TPSA) is 57.6 Å². The maximum atomic E-state index is 12.6. The smallest absolute Gasteiger partial charge is 0.238 e. The predicted molar refractivity (Wildman–Crippen MR) is 75.2 cm³/mol. The number of imide groups is 1. The van der Waals surface area contributed by atoms with Crippen molar-refractivity contribution in [2.45, 2.75) is 20.3 Å². The molecular weight excluding hydrogens is 254 g/mol. The van der Waals surface area contributed by atoms with Gasteiger partial charge in [0.25, 0.3) is 0 Å². The van der Waals surface area contributed by atoms with E-state index in [1.165, 1.54) is 11.0 Å². The van der Waals surface area contributed by atoms with Crippen LogP contribution < -0.4 is 4.90 Å². The third-order valence-corrected chi connectivity index (χ3v) is 4.24. The summed E-state index contributed by atoms with van der Waals surface area (Å²) in [6, 6.07) is 4.95. The molecule has 2 aliphatic rings. The van der Waals surface area contributed by atoms with E-state index in [0.29, 0.717) is 12.1 Å². The fourth-order valence-corrected chi connectivity index (χ4v) is 3.20. The minimum atomic E-state index is -0.299. The number of fused-ring (bicyclic) bond motifs is 1. The Kier molecular flexibility index (Phi) is 2.89. The van der Waals surface area contributed by atoms with Crippen LogP contribution in [0, 0.1) is 24.7 Å². The molecule has 1 fully saturated rings. The third-order valence-electron chi connectivity index (χ3n) is 4.24. The average molecular weight is 271 g/mol. The Balaban J connectivity index is 2.06. The molecule has 0 aromatic heterocycles. The Bertz CT molecular complexity index is 620. The van der Waals surface area contributed by atoms with Gasteiger partial charge in [-0.15, -0.1) is 0 Å². The van der Waals surface area contributed by atoms with Crippen molar-refractivity contribution in [2.75, 3.05) is 4.90 Å². The highest BCUT2D eigenvalue weighted by Crippen LogP contribution is 2.42. The number of aryl methyl sites for hydroxylation is 1. The van der Waals surface area contributed by atoms with Gasteiger partial charge in [0.15, 0.2) is 0 Å². The summed E-state index contributed by atoms with van der Waals surface area (Å²) in [5.74, 6) is -0.955. The molecule has 4 heteroatoms. The van der Waals surface area contributed by atoms with Crippen molar-refractivity contribution in [1.29, 1.82) is 0 Å². The Morgan fingerprint density at radius 2 is 2.00 bits per heavy atom. The summed E-state index contributed by atoms with van der Waals surface area (Å²) in [5.41, 5.74) is 1.21. The second-order valence-corrected chi connectivity index (χ2v) is 5.66. The van der Waals surface area contributed by atoms with Crippen molar-refractivity contribution in [1.82, 2.24) is 0 Å². The number of hydrogen-bond acceptors (Lipinski definition) is 3. The van der Waals surface area contributed by atoms with Crippen molar-refractivity contribution in [3.8, 4) is 5.75 Å². The molecule has 2 amide bonds. The molecule has 1 N–H and O–H groups in total. The third kappa shape index (κ3) is 1.75. The average Bonchev–Trinajstić information content (AvgIpc) is 2.66.